The normalized spacial score (nSPS) is 10.0. The molecular formula is C21H21N3O2. The number of hydrogen-bond donors (Lipinski definition) is 2. The summed E-state index contributed by atoms with van der Waals surface area (Å²) in [7, 11) is 1.57. The number of benzene rings is 3. The Kier molecular flexibility index (Phi) is 5.72. The first kappa shape index (κ1) is 17.4. The number of amides is 2. The van der Waals surface area contributed by atoms with Crippen molar-refractivity contribution in [3.05, 3.63) is 90.5 Å². The molecule has 0 unspecified atom stereocenters. The minimum absolute atomic E-state index is 0.339. The molecule has 0 fully saturated rings. The summed E-state index contributed by atoms with van der Waals surface area (Å²) in [5, 5.41) is 4.64. The molecule has 0 radical (unpaired) electrons. The average Bonchev–Trinajstić information content (AvgIpc) is 2.69. The lowest BCUT2D eigenvalue weighted by Gasteiger charge is -2.26. The van der Waals surface area contributed by atoms with Crippen LogP contribution < -0.4 is 20.5 Å². The molecule has 3 rings (SSSR count). The maximum Gasteiger partial charge on any atom is 0.338 e. The Morgan fingerprint density at radius 2 is 1.50 bits per heavy atom. The van der Waals surface area contributed by atoms with Gasteiger partial charge in [0.25, 0.3) is 0 Å². The van der Waals surface area contributed by atoms with Gasteiger partial charge in [-0.25, -0.2) is 10.2 Å². The van der Waals surface area contributed by atoms with Gasteiger partial charge in [-0.15, -0.1) is 0 Å². The fourth-order valence-corrected chi connectivity index (χ4v) is 2.59. The quantitative estimate of drug-likeness (QED) is 0.648. The van der Waals surface area contributed by atoms with Gasteiger partial charge in [0.05, 0.1) is 25.0 Å². The van der Waals surface area contributed by atoms with Gasteiger partial charge in [0.2, 0.25) is 0 Å². The standard InChI is InChI=1S/C21H21N3O2/c1-26-20-15-9-8-14-19(20)22-21(25)23-24(18-12-6-3-7-13-18)16-17-10-4-2-5-11-17/h2-15H,16H2,1H3,(H2,22,23,25). The summed E-state index contributed by atoms with van der Waals surface area (Å²) in [6.07, 6.45) is 0. The molecule has 0 heterocycles. The van der Waals surface area contributed by atoms with E-state index in [9.17, 15) is 4.79 Å². The Morgan fingerprint density at radius 1 is 0.885 bits per heavy atom. The van der Waals surface area contributed by atoms with E-state index in [1.165, 1.54) is 0 Å². The van der Waals surface area contributed by atoms with E-state index < -0.39 is 0 Å². The van der Waals surface area contributed by atoms with Crippen LogP contribution in [-0.4, -0.2) is 13.1 Å². The van der Waals surface area contributed by atoms with Crippen LogP contribution in [0.4, 0.5) is 16.2 Å². The van der Waals surface area contributed by atoms with Crippen LogP contribution in [0.2, 0.25) is 0 Å². The first-order valence-corrected chi connectivity index (χ1v) is 8.33. The van der Waals surface area contributed by atoms with Gasteiger partial charge < -0.3 is 10.1 Å². The molecule has 0 saturated heterocycles. The van der Waals surface area contributed by atoms with Crippen molar-refractivity contribution in [2.45, 2.75) is 6.54 Å². The van der Waals surface area contributed by atoms with E-state index in [2.05, 4.69) is 10.7 Å². The van der Waals surface area contributed by atoms with E-state index in [0.717, 1.165) is 11.3 Å². The van der Waals surface area contributed by atoms with E-state index in [4.69, 9.17) is 4.74 Å². The van der Waals surface area contributed by atoms with Gasteiger partial charge in [-0.3, -0.25) is 5.01 Å². The van der Waals surface area contributed by atoms with Crippen molar-refractivity contribution >= 4 is 17.4 Å². The highest BCUT2D eigenvalue weighted by Gasteiger charge is 2.12. The van der Waals surface area contributed by atoms with Crippen LogP contribution in [0, 0.1) is 0 Å². The number of carbonyl (C=O) groups excluding carboxylic acids is 1. The fourth-order valence-electron chi connectivity index (χ4n) is 2.59. The third kappa shape index (κ3) is 4.54. The van der Waals surface area contributed by atoms with Crippen molar-refractivity contribution in [3.8, 4) is 5.75 Å². The smallest absolute Gasteiger partial charge is 0.338 e. The van der Waals surface area contributed by atoms with Crippen LogP contribution in [-0.2, 0) is 6.54 Å². The number of methoxy groups -OCH3 is 1. The second kappa shape index (κ2) is 8.58. The molecule has 0 atom stereocenters. The van der Waals surface area contributed by atoms with E-state index in [1.54, 1.807) is 24.3 Å². The maximum atomic E-state index is 12.5. The van der Waals surface area contributed by atoms with Crippen molar-refractivity contribution in [1.29, 1.82) is 0 Å². The molecular weight excluding hydrogens is 326 g/mol. The van der Waals surface area contributed by atoms with Crippen LogP contribution in [0.25, 0.3) is 0 Å². The predicted octanol–water partition coefficient (Wildman–Crippen LogP) is 4.44. The first-order valence-electron chi connectivity index (χ1n) is 8.33. The van der Waals surface area contributed by atoms with Crippen molar-refractivity contribution in [1.82, 2.24) is 5.43 Å². The molecule has 2 amide bonds. The Labute approximate surface area is 153 Å². The number of ether oxygens (including phenoxy) is 1. The first-order chi connectivity index (χ1) is 12.8. The summed E-state index contributed by atoms with van der Waals surface area (Å²) in [6.45, 7) is 0.546. The molecule has 0 saturated carbocycles. The van der Waals surface area contributed by atoms with Gasteiger partial charge in [-0.1, -0.05) is 60.7 Å². The van der Waals surface area contributed by atoms with E-state index >= 15 is 0 Å². The van der Waals surface area contributed by atoms with Crippen LogP contribution in [0.5, 0.6) is 5.75 Å². The molecule has 2 N–H and O–H groups in total. The van der Waals surface area contributed by atoms with Gasteiger partial charge >= 0.3 is 6.03 Å². The highest BCUT2D eigenvalue weighted by molar-refractivity contribution is 5.91. The number of rotatable bonds is 6. The minimum Gasteiger partial charge on any atom is -0.495 e. The molecule has 3 aromatic rings. The molecule has 0 bridgehead atoms. The summed E-state index contributed by atoms with van der Waals surface area (Å²) >= 11 is 0. The fraction of sp³-hybridized carbons (Fsp3) is 0.0952. The molecule has 0 aromatic heterocycles. The maximum absolute atomic E-state index is 12.5. The summed E-state index contributed by atoms with van der Waals surface area (Å²) < 4.78 is 5.28. The number of urea groups is 1. The Morgan fingerprint density at radius 3 is 2.19 bits per heavy atom. The van der Waals surface area contributed by atoms with Crippen molar-refractivity contribution in [2.75, 3.05) is 17.4 Å². The number of nitrogens with zero attached hydrogens (tertiary/aromatic N) is 1. The summed E-state index contributed by atoms with van der Waals surface area (Å²) in [5.41, 5.74) is 5.51. The van der Waals surface area contributed by atoms with E-state index in [-0.39, 0.29) is 6.03 Å². The number of nitrogens with one attached hydrogen (secondary N) is 2. The van der Waals surface area contributed by atoms with Crippen LogP contribution in [0.15, 0.2) is 84.9 Å². The monoisotopic (exact) mass is 347 g/mol. The van der Waals surface area contributed by atoms with Gasteiger partial charge in [0, 0.05) is 0 Å². The number of anilines is 2. The molecule has 0 aliphatic carbocycles. The topological polar surface area (TPSA) is 53.6 Å². The summed E-state index contributed by atoms with van der Waals surface area (Å²) in [6, 6.07) is 26.7. The summed E-state index contributed by atoms with van der Waals surface area (Å²) in [4.78, 5) is 12.5. The molecule has 5 heteroatoms. The van der Waals surface area contributed by atoms with Crippen LogP contribution in [0.3, 0.4) is 0 Å². The minimum atomic E-state index is -0.339. The second-order valence-corrected chi connectivity index (χ2v) is 5.67. The molecule has 132 valence electrons. The van der Waals surface area contributed by atoms with Gasteiger partial charge in [0.15, 0.2) is 0 Å². The molecule has 3 aromatic carbocycles. The highest BCUT2D eigenvalue weighted by Crippen LogP contribution is 2.23. The number of hydrogen-bond acceptors (Lipinski definition) is 3. The van der Waals surface area contributed by atoms with Crippen LogP contribution >= 0.6 is 0 Å². The Bertz CT molecular complexity index is 838. The Balaban J connectivity index is 1.75. The number of carbonyl (C=O) groups is 1. The van der Waals surface area contributed by atoms with Crippen molar-refractivity contribution in [2.24, 2.45) is 0 Å². The second-order valence-electron chi connectivity index (χ2n) is 5.67. The highest BCUT2D eigenvalue weighted by atomic mass is 16.5. The van der Waals surface area contributed by atoms with Gasteiger partial charge in [0.1, 0.15) is 5.75 Å². The lowest BCUT2D eigenvalue weighted by atomic mass is 10.2. The SMILES string of the molecule is COc1ccccc1NC(=O)NN(Cc1ccccc1)c1ccccc1. The molecule has 5 nitrogen and oxygen atoms in total. The third-order valence-corrected chi connectivity index (χ3v) is 3.84. The molecule has 0 aliphatic rings. The molecule has 0 spiro atoms. The predicted molar refractivity (Wildman–Crippen MR) is 104 cm³/mol. The average molecular weight is 347 g/mol. The van der Waals surface area contributed by atoms with Crippen LogP contribution in [0.1, 0.15) is 5.56 Å². The zero-order valence-electron chi connectivity index (χ0n) is 14.6. The third-order valence-electron chi connectivity index (χ3n) is 3.84. The number of para-hydroxylation sites is 3. The zero-order chi connectivity index (χ0) is 18.2. The number of hydrazine groups is 1. The van der Waals surface area contributed by atoms with Crippen molar-refractivity contribution in [3.63, 3.8) is 0 Å². The molecule has 0 aliphatic heterocycles. The summed E-state index contributed by atoms with van der Waals surface area (Å²) in [5.74, 6) is 0.608. The van der Waals surface area contributed by atoms with E-state index in [0.29, 0.717) is 18.0 Å². The Hall–Kier alpha value is -3.47. The van der Waals surface area contributed by atoms with Gasteiger partial charge in [-0.2, -0.15) is 0 Å². The lowest BCUT2D eigenvalue weighted by molar-refractivity contribution is 0.251. The molecule has 26 heavy (non-hydrogen) atoms. The lowest BCUT2D eigenvalue weighted by Crippen LogP contribution is -2.44. The van der Waals surface area contributed by atoms with Gasteiger partial charge in [-0.05, 0) is 29.8 Å². The van der Waals surface area contributed by atoms with E-state index in [1.807, 2.05) is 72.8 Å². The zero-order valence-corrected chi connectivity index (χ0v) is 14.6. The van der Waals surface area contributed by atoms with Crippen molar-refractivity contribution < 1.29 is 9.53 Å². The largest absolute Gasteiger partial charge is 0.495 e.